The molecule has 0 saturated carbocycles. The van der Waals surface area contributed by atoms with Gasteiger partial charge in [-0.25, -0.2) is 8.42 Å². The van der Waals surface area contributed by atoms with Crippen molar-refractivity contribution in [2.45, 2.75) is 42.9 Å². The Morgan fingerprint density at radius 1 is 0.970 bits per heavy atom. The highest BCUT2D eigenvalue weighted by Gasteiger charge is 2.28. The van der Waals surface area contributed by atoms with Gasteiger partial charge in [-0.15, -0.1) is 11.3 Å². The second-order valence-electron chi connectivity index (χ2n) is 9.06. The quantitative estimate of drug-likeness (QED) is 0.624. The molecule has 0 unspecified atom stereocenters. The molecule has 9 heteroatoms. The number of rotatable bonds is 6. The average Bonchev–Trinajstić information content (AvgIpc) is 3.50. The van der Waals surface area contributed by atoms with Crippen molar-refractivity contribution in [2.75, 3.05) is 45.9 Å². The summed E-state index contributed by atoms with van der Waals surface area (Å²) in [6.07, 6.45) is 4.18. The number of carbonyl (C=O) groups is 1. The summed E-state index contributed by atoms with van der Waals surface area (Å²) in [7, 11) is -3.43. The Kier molecular flexibility index (Phi) is 6.74. The maximum Gasteiger partial charge on any atom is 0.252 e. The van der Waals surface area contributed by atoms with Gasteiger partial charge < -0.3 is 9.64 Å². The monoisotopic (exact) mass is 489 g/mol. The largest absolute Gasteiger partial charge is 0.493 e. The molecule has 1 aromatic carbocycles. The second-order valence-corrected chi connectivity index (χ2v) is 12.4. The van der Waals surface area contributed by atoms with E-state index in [1.807, 2.05) is 4.90 Å². The Balaban J connectivity index is 1.13. The molecule has 0 radical (unpaired) electrons. The number of piperazine rings is 1. The Bertz CT molecular complexity index is 1100. The number of amides is 1. The topological polar surface area (TPSA) is 70.2 Å². The lowest BCUT2D eigenvalue weighted by Gasteiger charge is -2.34. The lowest BCUT2D eigenvalue weighted by molar-refractivity contribution is -0.132. The van der Waals surface area contributed by atoms with E-state index in [1.165, 1.54) is 22.5 Å². The Morgan fingerprint density at radius 3 is 2.55 bits per heavy atom. The van der Waals surface area contributed by atoms with Crippen LogP contribution >= 0.6 is 11.3 Å². The number of ether oxygens (including phenoxy) is 1. The summed E-state index contributed by atoms with van der Waals surface area (Å²) >= 11 is 1.24. The molecule has 2 aromatic rings. The highest BCUT2D eigenvalue weighted by molar-refractivity contribution is 7.91. The third-order valence-corrected chi connectivity index (χ3v) is 10.2. The van der Waals surface area contributed by atoms with Gasteiger partial charge in [0.1, 0.15) is 9.96 Å². The first-order valence-electron chi connectivity index (χ1n) is 11.8. The lowest BCUT2D eigenvalue weighted by Crippen LogP contribution is -2.48. The van der Waals surface area contributed by atoms with Crippen LogP contribution in [0.2, 0.25) is 0 Å². The zero-order valence-corrected chi connectivity index (χ0v) is 20.5. The maximum atomic E-state index is 12.9. The smallest absolute Gasteiger partial charge is 0.252 e. The summed E-state index contributed by atoms with van der Waals surface area (Å²) in [5, 5.41) is 0. The molecule has 4 heterocycles. The van der Waals surface area contributed by atoms with Crippen LogP contribution in [0.25, 0.3) is 0 Å². The van der Waals surface area contributed by atoms with E-state index >= 15 is 0 Å². The van der Waals surface area contributed by atoms with Crippen LogP contribution in [0.1, 0.15) is 35.3 Å². The number of fused-ring (bicyclic) bond motifs is 1. The summed E-state index contributed by atoms with van der Waals surface area (Å²) in [6.45, 7) is 5.95. The summed E-state index contributed by atoms with van der Waals surface area (Å²) < 4.78 is 33.3. The standard InChI is InChI=1S/C24H31N3O4S2/c28-23(17-21-5-7-24(32-21)33(29,30)27-9-2-1-3-10-27)26-13-11-25(12-14-26)18-19-4-6-22-20(16-19)8-15-31-22/h4-7,16H,1-3,8-15,17-18H2. The number of nitrogens with zero attached hydrogens (tertiary/aromatic N) is 3. The highest BCUT2D eigenvalue weighted by atomic mass is 32.2. The molecule has 5 rings (SSSR count). The number of hydrogen-bond acceptors (Lipinski definition) is 6. The molecule has 3 aliphatic heterocycles. The minimum Gasteiger partial charge on any atom is -0.493 e. The van der Waals surface area contributed by atoms with Crippen molar-refractivity contribution < 1.29 is 17.9 Å². The SMILES string of the molecule is O=C(Cc1ccc(S(=O)(=O)N2CCCCC2)s1)N1CCN(Cc2ccc3c(c2)CCO3)CC1. The fourth-order valence-corrected chi connectivity index (χ4v) is 7.86. The van der Waals surface area contributed by atoms with Crippen molar-refractivity contribution in [3.05, 3.63) is 46.3 Å². The lowest BCUT2D eigenvalue weighted by atomic mass is 10.1. The minimum atomic E-state index is -3.43. The zero-order chi connectivity index (χ0) is 22.8. The van der Waals surface area contributed by atoms with Crippen LogP contribution in [0.3, 0.4) is 0 Å². The van der Waals surface area contributed by atoms with Crippen LogP contribution in [0.4, 0.5) is 0 Å². The zero-order valence-electron chi connectivity index (χ0n) is 18.9. The Labute approximate surface area is 200 Å². The van der Waals surface area contributed by atoms with Gasteiger partial charge in [0.25, 0.3) is 10.0 Å². The maximum absolute atomic E-state index is 12.9. The van der Waals surface area contributed by atoms with Crippen molar-refractivity contribution in [1.82, 2.24) is 14.1 Å². The molecule has 1 amide bonds. The molecule has 7 nitrogen and oxygen atoms in total. The van der Waals surface area contributed by atoms with Gasteiger partial charge in [-0.3, -0.25) is 9.69 Å². The molecule has 3 aliphatic rings. The number of carbonyl (C=O) groups excluding carboxylic acids is 1. The first kappa shape index (κ1) is 22.8. The highest BCUT2D eigenvalue weighted by Crippen LogP contribution is 2.28. The molecular formula is C24H31N3O4S2. The van der Waals surface area contributed by atoms with E-state index in [4.69, 9.17) is 4.74 Å². The number of benzene rings is 1. The Morgan fingerprint density at radius 2 is 1.76 bits per heavy atom. The third kappa shape index (κ3) is 5.11. The van der Waals surface area contributed by atoms with Gasteiger partial charge >= 0.3 is 0 Å². The summed E-state index contributed by atoms with van der Waals surface area (Å²) in [6, 6.07) is 9.91. The number of piperidine rings is 1. The van der Waals surface area contributed by atoms with E-state index in [0.29, 0.717) is 30.4 Å². The average molecular weight is 490 g/mol. The first-order valence-corrected chi connectivity index (χ1v) is 14.1. The van der Waals surface area contributed by atoms with E-state index in [-0.39, 0.29) is 12.3 Å². The molecule has 0 bridgehead atoms. The first-order chi connectivity index (χ1) is 16.0. The van der Waals surface area contributed by atoms with Gasteiger partial charge in [-0.1, -0.05) is 18.6 Å². The van der Waals surface area contributed by atoms with Crippen LogP contribution in [-0.4, -0.2) is 74.3 Å². The fourth-order valence-electron chi connectivity index (χ4n) is 4.84. The number of sulfonamides is 1. The summed E-state index contributed by atoms with van der Waals surface area (Å²) in [5.74, 6) is 1.09. The minimum absolute atomic E-state index is 0.0769. The van der Waals surface area contributed by atoms with E-state index in [0.717, 1.165) is 62.6 Å². The van der Waals surface area contributed by atoms with E-state index in [9.17, 15) is 13.2 Å². The van der Waals surface area contributed by atoms with Crippen LogP contribution in [-0.2, 0) is 34.2 Å². The molecule has 0 atom stereocenters. The van der Waals surface area contributed by atoms with Gasteiger partial charge in [0.15, 0.2) is 0 Å². The van der Waals surface area contributed by atoms with Crippen molar-refractivity contribution >= 4 is 27.3 Å². The van der Waals surface area contributed by atoms with Crippen molar-refractivity contribution in [3.63, 3.8) is 0 Å². The van der Waals surface area contributed by atoms with Crippen LogP contribution in [0.15, 0.2) is 34.5 Å². The molecule has 178 valence electrons. The predicted molar refractivity (Wildman–Crippen MR) is 128 cm³/mol. The second kappa shape index (κ2) is 9.74. The van der Waals surface area contributed by atoms with Crippen molar-refractivity contribution in [2.24, 2.45) is 0 Å². The fraction of sp³-hybridized carbons (Fsp3) is 0.542. The number of thiophene rings is 1. The predicted octanol–water partition coefficient (Wildman–Crippen LogP) is 2.74. The molecule has 33 heavy (non-hydrogen) atoms. The van der Waals surface area contributed by atoms with Gasteiger partial charge in [0, 0.05) is 57.1 Å². The number of hydrogen-bond donors (Lipinski definition) is 0. The molecule has 0 aliphatic carbocycles. The van der Waals surface area contributed by atoms with Gasteiger partial charge in [0.05, 0.1) is 13.0 Å². The third-order valence-electron chi connectivity index (χ3n) is 6.76. The Hall–Kier alpha value is -1.94. The van der Waals surface area contributed by atoms with Crippen molar-refractivity contribution in [3.8, 4) is 5.75 Å². The molecule has 2 fully saturated rings. The molecule has 0 N–H and O–H groups in total. The van der Waals surface area contributed by atoms with Gasteiger partial charge in [0.2, 0.25) is 5.91 Å². The molecule has 1 aromatic heterocycles. The van der Waals surface area contributed by atoms with Gasteiger partial charge in [-0.05, 0) is 42.2 Å². The van der Waals surface area contributed by atoms with Crippen molar-refractivity contribution in [1.29, 1.82) is 0 Å². The van der Waals surface area contributed by atoms with Gasteiger partial charge in [-0.2, -0.15) is 4.31 Å². The van der Waals surface area contributed by atoms with Crippen LogP contribution in [0.5, 0.6) is 5.75 Å². The summed E-state index contributed by atoms with van der Waals surface area (Å²) in [5.41, 5.74) is 2.58. The molecule has 2 saturated heterocycles. The van der Waals surface area contributed by atoms with E-state index < -0.39 is 10.0 Å². The van der Waals surface area contributed by atoms with Crippen LogP contribution < -0.4 is 4.74 Å². The van der Waals surface area contributed by atoms with E-state index in [2.05, 4.69) is 23.1 Å². The summed E-state index contributed by atoms with van der Waals surface area (Å²) in [4.78, 5) is 18.0. The molecular weight excluding hydrogens is 458 g/mol. The van der Waals surface area contributed by atoms with E-state index in [1.54, 1.807) is 16.4 Å². The molecule has 0 spiro atoms. The van der Waals surface area contributed by atoms with Crippen LogP contribution in [0, 0.1) is 0 Å². The normalized spacial score (nSPS) is 19.9.